The van der Waals surface area contributed by atoms with Gasteiger partial charge in [0.05, 0.1) is 0 Å². The number of aromatic amines is 1. The van der Waals surface area contributed by atoms with E-state index >= 15 is 0 Å². The number of benzene rings is 1. The van der Waals surface area contributed by atoms with Crippen LogP contribution in [0.4, 0.5) is 11.9 Å². The fourth-order valence-electron chi connectivity index (χ4n) is 4.01. The largest absolute Gasteiger partial charge is 0.361 e. The predicted octanol–water partition coefficient (Wildman–Crippen LogP) is 4.83. The minimum absolute atomic E-state index is 0.0158. The minimum Gasteiger partial charge on any atom is -0.361 e. The molecule has 28 heavy (non-hydrogen) atoms. The van der Waals surface area contributed by atoms with Crippen LogP contribution in [-0.2, 0) is 0 Å². The van der Waals surface area contributed by atoms with Gasteiger partial charge in [0.15, 0.2) is 5.82 Å². The third kappa shape index (κ3) is 3.43. The van der Waals surface area contributed by atoms with Crippen molar-refractivity contribution >= 4 is 22.8 Å². The molecule has 3 aromatic rings. The zero-order valence-electron chi connectivity index (χ0n) is 16.8. The van der Waals surface area contributed by atoms with Crippen molar-refractivity contribution < 1.29 is 0 Å². The summed E-state index contributed by atoms with van der Waals surface area (Å²) in [5.41, 5.74) is 2.10. The maximum atomic E-state index is 4.81. The summed E-state index contributed by atoms with van der Waals surface area (Å²) in [6.45, 7) is 6.69. The first kappa shape index (κ1) is 17.5. The van der Waals surface area contributed by atoms with Crippen molar-refractivity contribution in [3.05, 3.63) is 30.5 Å². The second-order valence-corrected chi connectivity index (χ2v) is 8.94. The molecule has 2 heterocycles. The highest BCUT2D eigenvalue weighted by Gasteiger charge is 2.38. The van der Waals surface area contributed by atoms with Gasteiger partial charge in [-0.1, -0.05) is 12.1 Å². The molecule has 6 heteroatoms. The number of fused-ring (bicyclic) bond motifs is 1. The van der Waals surface area contributed by atoms with Crippen LogP contribution in [0.5, 0.6) is 0 Å². The van der Waals surface area contributed by atoms with Crippen molar-refractivity contribution in [1.82, 2.24) is 19.9 Å². The summed E-state index contributed by atoms with van der Waals surface area (Å²) in [6, 6.07) is 8.65. The fraction of sp³-hybridized carbons (Fsp3) is 0.500. The molecule has 5 rings (SSSR count). The highest BCUT2D eigenvalue weighted by Crippen LogP contribution is 2.41. The van der Waals surface area contributed by atoms with Crippen LogP contribution in [0, 0.1) is 11.8 Å². The van der Waals surface area contributed by atoms with Crippen molar-refractivity contribution in [2.45, 2.75) is 58.0 Å². The molecular weight excluding hydrogens is 348 g/mol. The smallest absolute Gasteiger partial charge is 0.228 e. The number of anilines is 2. The van der Waals surface area contributed by atoms with Crippen molar-refractivity contribution in [2.24, 2.45) is 11.8 Å². The molecule has 2 aliphatic rings. The maximum absolute atomic E-state index is 4.81. The lowest BCUT2D eigenvalue weighted by atomic mass is 9.99. The van der Waals surface area contributed by atoms with Crippen molar-refractivity contribution in [1.29, 1.82) is 0 Å². The topological polar surface area (TPSA) is 78.5 Å². The van der Waals surface area contributed by atoms with E-state index < -0.39 is 0 Å². The van der Waals surface area contributed by atoms with Gasteiger partial charge in [0.25, 0.3) is 0 Å². The van der Waals surface area contributed by atoms with Crippen LogP contribution in [0.15, 0.2) is 30.5 Å². The standard InChI is InChI=1S/C22H28N6/c1-13(14-7-8-14)24-20-25-19(17-5-4-6-18-16(17)11-12-23-18)26-21(27-20)28-22(2,3)15-9-10-15/h4-6,11-15,23H,7-10H2,1-3H3,(H2,24,25,26,27,28)/t13-/m1/s1. The normalized spacial score (nSPS) is 18.2. The van der Waals surface area contributed by atoms with Crippen LogP contribution in [0.25, 0.3) is 22.3 Å². The zero-order chi connectivity index (χ0) is 19.3. The van der Waals surface area contributed by atoms with Crippen molar-refractivity contribution in [3.8, 4) is 11.4 Å². The first-order valence-corrected chi connectivity index (χ1v) is 10.4. The Morgan fingerprint density at radius 3 is 2.57 bits per heavy atom. The monoisotopic (exact) mass is 376 g/mol. The van der Waals surface area contributed by atoms with E-state index in [4.69, 9.17) is 15.0 Å². The fourth-order valence-corrected chi connectivity index (χ4v) is 4.01. The summed E-state index contributed by atoms with van der Waals surface area (Å²) in [6.07, 6.45) is 7.07. The molecule has 2 saturated carbocycles. The van der Waals surface area contributed by atoms with Crippen LogP contribution < -0.4 is 10.6 Å². The number of nitrogens with zero attached hydrogens (tertiary/aromatic N) is 3. The van der Waals surface area contributed by atoms with Gasteiger partial charge in [0, 0.05) is 34.2 Å². The lowest BCUT2D eigenvalue weighted by Gasteiger charge is -2.26. The van der Waals surface area contributed by atoms with Crippen LogP contribution >= 0.6 is 0 Å². The van der Waals surface area contributed by atoms with E-state index in [1.54, 1.807) is 0 Å². The lowest BCUT2D eigenvalue weighted by Crippen LogP contribution is -2.34. The molecule has 146 valence electrons. The van der Waals surface area contributed by atoms with Crippen molar-refractivity contribution in [3.63, 3.8) is 0 Å². The second-order valence-electron chi connectivity index (χ2n) is 8.94. The van der Waals surface area contributed by atoms with Gasteiger partial charge in [-0.05, 0) is 70.4 Å². The number of aromatic nitrogens is 4. The third-order valence-electron chi connectivity index (χ3n) is 6.19. The molecule has 0 saturated heterocycles. The summed E-state index contributed by atoms with van der Waals surface area (Å²) in [7, 11) is 0. The van der Waals surface area contributed by atoms with E-state index in [9.17, 15) is 0 Å². The summed E-state index contributed by atoms with van der Waals surface area (Å²) in [5.74, 6) is 3.43. The molecule has 0 amide bonds. The Morgan fingerprint density at radius 1 is 1.04 bits per heavy atom. The molecule has 0 unspecified atom stereocenters. The van der Waals surface area contributed by atoms with E-state index in [0.29, 0.717) is 29.7 Å². The molecule has 1 atom stereocenters. The SMILES string of the molecule is C[C@@H](Nc1nc(NC(C)(C)C2CC2)nc(-c2cccc3[nH]ccc23)n1)C1CC1. The van der Waals surface area contributed by atoms with Gasteiger partial charge < -0.3 is 15.6 Å². The molecule has 0 spiro atoms. The molecule has 2 aliphatic carbocycles. The van der Waals surface area contributed by atoms with Gasteiger partial charge in [-0.25, -0.2) is 0 Å². The van der Waals surface area contributed by atoms with E-state index in [-0.39, 0.29) is 5.54 Å². The first-order valence-electron chi connectivity index (χ1n) is 10.4. The summed E-state index contributed by atoms with van der Waals surface area (Å²) < 4.78 is 0. The number of H-pyrrole nitrogens is 1. The molecule has 6 nitrogen and oxygen atoms in total. The summed E-state index contributed by atoms with van der Waals surface area (Å²) >= 11 is 0. The summed E-state index contributed by atoms with van der Waals surface area (Å²) in [4.78, 5) is 17.6. The Bertz CT molecular complexity index is 999. The predicted molar refractivity (Wildman–Crippen MR) is 113 cm³/mol. The number of hydrogen-bond acceptors (Lipinski definition) is 5. The highest BCUT2D eigenvalue weighted by atomic mass is 15.2. The van der Waals surface area contributed by atoms with Gasteiger partial charge in [0.1, 0.15) is 0 Å². The van der Waals surface area contributed by atoms with Gasteiger partial charge in [-0.2, -0.15) is 15.0 Å². The number of nitrogens with one attached hydrogen (secondary N) is 3. The minimum atomic E-state index is -0.0158. The molecule has 1 aromatic carbocycles. The quantitative estimate of drug-likeness (QED) is 0.550. The lowest BCUT2D eigenvalue weighted by molar-refractivity contribution is 0.490. The van der Waals surface area contributed by atoms with Crippen LogP contribution in [0.1, 0.15) is 46.5 Å². The van der Waals surface area contributed by atoms with Gasteiger partial charge in [-0.3, -0.25) is 0 Å². The molecule has 0 aliphatic heterocycles. The van der Waals surface area contributed by atoms with E-state index in [0.717, 1.165) is 22.4 Å². The van der Waals surface area contributed by atoms with Crippen LogP contribution in [0.2, 0.25) is 0 Å². The Kier molecular flexibility index (Phi) is 4.03. The molecule has 2 fully saturated rings. The Balaban J connectivity index is 1.54. The van der Waals surface area contributed by atoms with E-state index in [1.165, 1.54) is 25.7 Å². The number of rotatable bonds is 7. The molecule has 2 aromatic heterocycles. The summed E-state index contributed by atoms with van der Waals surface area (Å²) in [5, 5.41) is 8.22. The van der Waals surface area contributed by atoms with Gasteiger partial charge in [-0.15, -0.1) is 0 Å². The Hall–Kier alpha value is -2.63. The molecule has 0 radical (unpaired) electrons. The molecular formula is C22H28N6. The Labute approximate surface area is 165 Å². The zero-order valence-corrected chi connectivity index (χ0v) is 16.8. The van der Waals surface area contributed by atoms with Crippen LogP contribution in [-0.4, -0.2) is 31.5 Å². The number of hydrogen-bond donors (Lipinski definition) is 3. The Morgan fingerprint density at radius 2 is 1.82 bits per heavy atom. The van der Waals surface area contributed by atoms with E-state index in [1.807, 2.05) is 12.3 Å². The molecule has 0 bridgehead atoms. The third-order valence-corrected chi connectivity index (χ3v) is 6.19. The second kappa shape index (κ2) is 6.47. The van der Waals surface area contributed by atoms with Gasteiger partial charge >= 0.3 is 0 Å². The van der Waals surface area contributed by atoms with Crippen LogP contribution in [0.3, 0.4) is 0 Å². The van der Waals surface area contributed by atoms with E-state index in [2.05, 4.69) is 54.6 Å². The maximum Gasteiger partial charge on any atom is 0.228 e. The highest BCUT2D eigenvalue weighted by molar-refractivity contribution is 5.93. The van der Waals surface area contributed by atoms with Crippen molar-refractivity contribution in [2.75, 3.05) is 10.6 Å². The van der Waals surface area contributed by atoms with Gasteiger partial charge in [0.2, 0.25) is 11.9 Å². The average Bonchev–Trinajstić information content (AvgIpc) is 3.56. The molecule has 3 N–H and O–H groups in total. The average molecular weight is 377 g/mol. The first-order chi connectivity index (χ1) is 13.5.